The average Bonchev–Trinajstić information content (AvgIpc) is 3.35. The maximum absolute atomic E-state index is 14.0. The summed E-state index contributed by atoms with van der Waals surface area (Å²) in [4.78, 5) is 7.24. The van der Waals surface area contributed by atoms with Crippen LogP contribution in [0.4, 0.5) is 4.39 Å². The van der Waals surface area contributed by atoms with Crippen molar-refractivity contribution in [3.8, 4) is 0 Å². The van der Waals surface area contributed by atoms with Gasteiger partial charge < -0.3 is 4.98 Å². The Bertz CT molecular complexity index is 1260. The molecular weight excluding hydrogens is 379 g/mol. The van der Waals surface area contributed by atoms with E-state index in [0.717, 1.165) is 26.1 Å². The fourth-order valence-corrected chi connectivity index (χ4v) is 5.42. The molecule has 1 N–H and O–H groups in total. The molecule has 1 aliphatic rings. The Morgan fingerprint density at radius 2 is 2.00 bits per heavy atom. The minimum absolute atomic E-state index is 0.288. The second kappa shape index (κ2) is 6.29. The molecule has 0 bridgehead atoms. The number of hydrogen-bond acceptors (Lipinski definition) is 3. The molecule has 0 amide bonds. The fraction of sp³-hybridized carbons (Fsp3) is 0.150. The number of aromatic amines is 1. The van der Waals surface area contributed by atoms with Crippen molar-refractivity contribution in [3.63, 3.8) is 0 Å². The number of fused-ring (bicyclic) bond motifs is 3. The highest BCUT2D eigenvalue weighted by molar-refractivity contribution is 7.87. The zero-order valence-corrected chi connectivity index (χ0v) is 15.6. The standard InChI is InChI=1S/C20H17FN4O2S/c21-15-5-3-4-14(12-15)20-19-17(16-6-1-2-7-18(16)23-19)8-10-25(20)28(26,27)24-11-9-22-13-24/h1-7,9,11-13,20,23H,8,10H2. The number of halogens is 1. The van der Waals surface area contributed by atoms with Crippen LogP contribution < -0.4 is 0 Å². The van der Waals surface area contributed by atoms with Crippen LogP contribution in [0.1, 0.15) is 22.9 Å². The Hall–Kier alpha value is -2.97. The van der Waals surface area contributed by atoms with Gasteiger partial charge in [0.25, 0.3) is 0 Å². The molecule has 6 nitrogen and oxygen atoms in total. The number of imidazole rings is 1. The summed E-state index contributed by atoms with van der Waals surface area (Å²) in [6.07, 6.45) is 4.66. The second-order valence-electron chi connectivity index (χ2n) is 6.78. The van der Waals surface area contributed by atoms with Crippen molar-refractivity contribution >= 4 is 21.1 Å². The number of H-pyrrole nitrogens is 1. The zero-order valence-electron chi connectivity index (χ0n) is 14.8. The van der Waals surface area contributed by atoms with E-state index in [2.05, 4.69) is 9.97 Å². The monoisotopic (exact) mass is 396 g/mol. The zero-order chi connectivity index (χ0) is 19.3. The normalized spacial score (nSPS) is 17.7. The van der Waals surface area contributed by atoms with Gasteiger partial charge in [0, 0.05) is 35.5 Å². The molecule has 0 saturated carbocycles. The van der Waals surface area contributed by atoms with Crippen LogP contribution in [-0.2, 0) is 16.6 Å². The summed E-state index contributed by atoms with van der Waals surface area (Å²) in [7, 11) is -3.86. The predicted octanol–water partition coefficient (Wildman–Crippen LogP) is 3.24. The van der Waals surface area contributed by atoms with E-state index in [0.29, 0.717) is 12.0 Å². The van der Waals surface area contributed by atoms with Crippen molar-refractivity contribution in [3.05, 3.63) is 89.9 Å². The minimum Gasteiger partial charge on any atom is -0.357 e. The van der Waals surface area contributed by atoms with Crippen LogP contribution in [0.25, 0.3) is 10.9 Å². The summed E-state index contributed by atoms with van der Waals surface area (Å²) in [6.45, 7) is 0.288. The van der Waals surface area contributed by atoms with E-state index in [9.17, 15) is 12.8 Å². The van der Waals surface area contributed by atoms with Gasteiger partial charge in [0.1, 0.15) is 12.1 Å². The highest BCUT2D eigenvalue weighted by atomic mass is 32.2. The van der Waals surface area contributed by atoms with Gasteiger partial charge in [-0.05, 0) is 35.7 Å². The molecule has 2 aromatic heterocycles. The molecule has 3 heterocycles. The molecule has 0 radical (unpaired) electrons. The van der Waals surface area contributed by atoms with Crippen LogP contribution in [0.15, 0.2) is 67.3 Å². The van der Waals surface area contributed by atoms with E-state index in [1.54, 1.807) is 12.1 Å². The summed E-state index contributed by atoms with van der Waals surface area (Å²) in [5.41, 5.74) is 3.37. The molecule has 1 atom stereocenters. The fourth-order valence-electron chi connectivity index (χ4n) is 3.98. The molecule has 1 aliphatic heterocycles. The topological polar surface area (TPSA) is 71.0 Å². The van der Waals surface area contributed by atoms with Gasteiger partial charge in [0.2, 0.25) is 0 Å². The number of nitrogens with one attached hydrogen (secondary N) is 1. The first-order valence-corrected chi connectivity index (χ1v) is 10.3. The molecule has 28 heavy (non-hydrogen) atoms. The van der Waals surface area contributed by atoms with Crippen molar-refractivity contribution in [2.45, 2.75) is 12.5 Å². The second-order valence-corrected chi connectivity index (χ2v) is 8.57. The molecule has 4 aromatic rings. The third-order valence-electron chi connectivity index (χ3n) is 5.20. The smallest absolute Gasteiger partial charge is 0.309 e. The number of para-hydroxylation sites is 1. The summed E-state index contributed by atoms with van der Waals surface area (Å²) >= 11 is 0. The molecule has 1 unspecified atom stereocenters. The number of hydrogen-bond donors (Lipinski definition) is 1. The Morgan fingerprint density at radius 1 is 1.14 bits per heavy atom. The first-order chi connectivity index (χ1) is 13.6. The summed E-state index contributed by atoms with van der Waals surface area (Å²) in [5, 5.41) is 1.07. The first kappa shape index (κ1) is 17.2. The van der Waals surface area contributed by atoms with E-state index < -0.39 is 22.1 Å². The Balaban J connectivity index is 1.74. The predicted molar refractivity (Wildman–Crippen MR) is 103 cm³/mol. The lowest BCUT2D eigenvalue weighted by Gasteiger charge is -2.35. The van der Waals surface area contributed by atoms with Crippen molar-refractivity contribution in [2.75, 3.05) is 6.54 Å². The molecule has 0 aliphatic carbocycles. The number of rotatable bonds is 3. The molecule has 5 rings (SSSR count). The van der Waals surface area contributed by atoms with Crippen molar-refractivity contribution in [1.82, 2.24) is 18.2 Å². The van der Waals surface area contributed by atoms with Gasteiger partial charge in [-0.3, -0.25) is 0 Å². The summed E-state index contributed by atoms with van der Waals surface area (Å²) < 4.78 is 43.1. The van der Waals surface area contributed by atoms with Gasteiger partial charge in [0.15, 0.2) is 0 Å². The highest BCUT2D eigenvalue weighted by Gasteiger charge is 2.39. The van der Waals surface area contributed by atoms with Crippen LogP contribution in [0.3, 0.4) is 0 Å². The lowest BCUT2D eigenvalue weighted by molar-refractivity contribution is 0.335. The van der Waals surface area contributed by atoms with Crippen LogP contribution in [0, 0.1) is 5.82 Å². The van der Waals surface area contributed by atoms with Crippen LogP contribution >= 0.6 is 0 Å². The van der Waals surface area contributed by atoms with E-state index in [1.165, 1.54) is 35.2 Å². The van der Waals surface area contributed by atoms with E-state index in [4.69, 9.17) is 0 Å². The van der Waals surface area contributed by atoms with Crippen LogP contribution in [0.5, 0.6) is 0 Å². The molecular formula is C20H17FN4O2S. The van der Waals surface area contributed by atoms with Crippen LogP contribution in [0.2, 0.25) is 0 Å². The maximum Gasteiger partial charge on any atom is 0.309 e. The van der Waals surface area contributed by atoms with Gasteiger partial charge in [-0.1, -0.05) is 30.3 Å². The number of benzene rings is 2. The van der Waals surface area contributed by atoms with E-state index in [1.807, 2.05) is 24.3 Å². The Morgan fingerprint density at radius 3 is 2.79 bits per heavy atom. The molecule has 0 saturated heterocycles. The Kier molecular flexibility index (Phi) is 3.85. The first-order valence-electron chi connectivity index (χ1n) is 8.91. The SMILES string of the molecule is O=S(=O)(N1CCc2c([nH]c3ccccc23)C1c1cccc(F)c1)n1ccnc1. The number of aromatic nitrogens is 3. The lowest BCUT2D eigenvalue weighted by Crippen LogP contribution is -2.43. The Labute approximate surface area is 161 Å². The molecule has 0 spiro atoms. The maximum atomic E-state index is 14.0. The number of nitrogens with zero attached hydrogens (tertiary/aromatic N) is 3. The van der Waals surface area contributed by atoms with E-state index in [-0.39, 0.29) is 6.54 Å². The molecule has 142 valence electrons. The van der Waals surface area contributed by atoms with Gasteiger partial charge in [-0.2, -0.15) is 12.7 Å². The largest absolute Gasteiger partial charge is 0.357 e. The van der Waals surface area contributed by atoms with Crippen molar-refractivity contribution in [1.29, 1.82) is 0 Å². The molecule has 8 heteroatoms. The summed E-state index contributed by atoms with van der Waals surface area (Å²) in [5.74, 6) is -0.402. The van der Waals surface area contributed by atoms with Gasteiger partial charge >= 0.3 is 10.2 Å². The van der Waals surface area contributed by atoms with Gasteiger partial charge in [-0.15, -0.1) is 0 Å². The summed E-state index contributed by atoms with van der Waals surface area (Å²) in [6, 6.07) is 13.3. The van der Waals surface area contributed by atoms with Gasteiger partial charge in [0.05, 0.1) is 6.04 Å². The van der Waals surface area contributed by atoms with E-state index >= 15 is 0 Å². The quantitative estimate of drug-likeness (QED) is 0.578. The van der Waals surface area contributed by atoms with Crippen molar-refractivity contribution in [2.24, 2.45) is 0 Å². The van der Waals surface area contributed by atoms with Gasteiger partial charge in [-0.25, -0.2) is 13.3 Å². The van der Waals surface area contributed by atoms with Crippen LogP contribution in [-0.4, -0.2) is 33.2 Å². The highest BCUT2D eigenvalue weighted by Crippen LogP contribution is 2.40. The third kappa shape index (κ3) is 2.56. The average molecular weight is 396 g/mol. The minimum atomic E-state index is -3.86. The molecule has 0 fully saturated rings. The van der Waals surface area contributed by atoms with Crippen molar-refractivity contribution < 1.29 is 12.8 Å². The molecule has 2 aromatic carbocycles. The lowest BCUT2D eigenvalue weighted by atomic mass is 9.94. The third-order valence-corrected chi connectivity index (χ3v) is 6.93.